The molecular weight excluding hydrogens is 268 g/mol. The lowest BCUT2D eigenvalue weighted by molar-refractivity contribution is -0.116. The van der Waals surface area contributed by atoms with Crippen LogP contribution in [0.1, 0.15) is 18.1 Å². The highest BCUT2D eigenvalue weighted by atomic mass is 16.5. The summed E-state index contributed by atoms with van der Waals surface area (Å²) in [5, 5.41) is 21.5. The topological polar surface area (TPSA) is 82.4 Å². The molecule has 0 spiro atoms. The van der Waals surface area contributed by atoms with Gasteiger partial charge in [0.2, 0.25) is 0 Å². The summed E-state index contributed by atoms with van der Waals surface area (Å²) in [4.78, 5) is 11.5. The van der Waals surface area contributed by atoms with Crippen LogP contribution in [0.4, 0.5) is 0 Å². The predicted octanol–water partition coefficient (Wildman–Crippen LogP) is 2.17. The molecule has 5 nitrogen and oxygen atoms in total. The molecule has 110 valence electrons. The van der Waals surface area contributed by atoms with Crippen LogP contribution in [0.2, 0.25) is 0 Å². The fraction of sp³-hybridized carbons (Fsp3) is 0.250. The molecule has 0 atom stereocenters. The molecule has 2 N–H and O–H groups in total. The smallest absolute Gasteiger partial charge is 0.261 e. The molecule has 0 aliphatic heterocycles. The van der Waals surface area contributed by atoms with Crippen molar-refractivity contribution in [2.24, 2.45) is 0 Å². The van der Waals surface area contributed by atoms with Crippen LogP contribution >= 0.6 is 0 Å². The Morgan fingerprint density at radius 3 is 2.81 bits per heavy atom. The number of nitrogens with one attached hydrogen (secondary N) is 1. The molecule has 5 heteroatoms. The molecule has 1 rings (SSSR count). The van der Waals surface area contributed by atoms with Crippen molar-refractivity contribution in [2.45, 2.75) is 13.3 Å². The van der Waals surface area contributed by atoms with Crippen LogP contribution in [0.15, 0.2) is 30.4 Å². The van der Waals surface area contributed by atoms with Gasteiger partial charge in [0.1, 0.15) is 11.6 Å². The third-order valence-corrected chi connectivity index (χ3v) is 2.74. The summed E-state index contributed by atoms with van der Waals surface area (Å²) in [5.74, 6) is -0.0987. The number of amides is 1. The maximum Gasteiger partial charge on any atom is 0.261 e. The van der Waals surface area contributed by atoms with Crippen LogP contribution in [-0.4, -0.2) is 24.7 Å². The highest BCUT2D eigenvalue weighted by molar-refractivity contribution is 6.01. The first-order valence-corrected chi connectivity index (χ1v) is 6.50. The molecule has 0 aliphatic rings. The van der Waals surface area contributed by atoms with Crippen molar-refractivity contribution in [1.82, 2.24) is 5.32 Å². The number of allylic oxidation sites excluding steroid dienone is 1. The lowest BCUT2D eigenvalue weighted by atomic mass is 10.0. The van der Waals surface area contributed by atoms with Crippen LogP contribution in [0.3, 0.4) is 0 Å². The molecule has 0 heterocycles. The van der Waals surface area contributed by atoms with Crippen molar-refractivity contribution in [3.63, 3.8) is 0 Å². The summed E-state index contributed by atoms with van der Waals surface area (Å²) in [6, 6.07) is 5.13. The molecule has 0 saturated carbocycles. The average molecular weight is 286 g/mol. The molecule has 1 amide bonds. The number of phenols is 1. The van der Waals surface area contributed by atoms with Gasteiger partial charge in [0.05, 0.1) is 6.61 Å². The van der Waals surface area contributed by atoms with E-state index in [2.05, 4.69) is 11.9 Å². The van der Waals surface area contributed by atoms with E-state index in [4.69, 9.17) is 10.00 Å². The normalized spacial score (nSPS) is 10.6. The van der Waals surface area contributed by atoms with E-state index in [1.54, 1.807) is 25.1 Å². The molecule has 0 fully saturated rings. The Balaban J connectivity index is 3.35. The van der Waals surface area contributed by atoms with Gasteiger partial charge in [0.15, 0.2) is 11.5 Å². The monoisotopic (exact) mass is 286 g/mol. The molecular formula is C16H18N2O3. The summed E-state index contributed by atoms with van der Waals surface area (Å²) in [5.41, 5.74) is 1.21. The van der Waals surface area contributed by atoms with Gasteiger partial charge < -0.3 is 15.2 Å². The number of nitriles is 1. The van der Waals surface area contributed by atoms with Crippen LogP contribution in [0, 0.1) is 11.3 Å². The standard InChI is InChI=1S/C16H18N2O3/c1-4-6-12-7-11(8-13(10-17)16(20)18-3)9-14(15(12)19)21-5-2/h4,7-9,19H,1,5-6H2,2-3H3,(H,18,20)/b13-8-. The van der Waals surface area contributed by atoms with E-state index < -0.39 is 5.91 Å². The number of benzene rings is 1. The Morgan fingerprint density at radius 1 is 1.57 bits per heavy atom. The second-order valence-corrected chi connectivity index (χ2v) is 4.20. The number of hydrogen-bond acceptors (Lipinski definition) is 4. The number of rotatable bonds is 6. The lowest BCUT2D eigenvalue weighted by Crippen LogP contribution is -2.19. The Labute approximate surface area is 124 Å². The largest absolute Gasteiger partial charge is 0.504 e. The maximum atomic E-state index is 11.5. The van der Waals surface area contributed by atoms with Gasteiger partial charge in [-0.25, -0.2) is 0 Å². The van der Waals surface area contributed by atoms with Gasteiger partial charge in [-0.15, -0.1) is 6.58 Å². The zero-order valence-corrected chi connectivity index (χ0v) is 12.1. The van der Waals surface area contributed by atoms with Gasteiger partial charge in [-0.05, 0) is 37.1 Å². The van der Waals surface area contributed by atoms with Gasteiger partial charge in [-0.1, -0.05) is 6.08 Å². The van der Waals surface area contributed by atoms with Gasteiger partial charge in [-0.3, -0.25) is 4.79 Å². The van der Waals surface area contributed by atoms with Gasteiger partial charge in [0.25, 0.3) is 5.91 Å². The van der Waals surface area contributed by atoms with Crippen LogP contribution in [0.5, 0.6) is 11.5 Å². The Bertz CT molecular complexity index is 613. The molecule has 0 saturated heterocycles. The van der Waals surface area contributed by atoms with Crippen molar-refractivity contribution in [1.29, 1.82) is 5.26 Å². The molecule has 0 aromatic heterocycles. The second kappa shape index (κ2) is 7.75. The summed E-state index contributed by atoms with van der Waals surface area (Å²) < 4.78 is 5.37. The first kappa shape index (κ1) is 16.3. The molecule has 0 unspecified atom stereocenters. The number of nitrogens with zero attached hydrogens (tertiary/aromatic N) is 1. The van der Waals surface area contributed by atoms with Crippen molar-refractivity contribution in [3.8, 4) is 17.6 Å². The number of carbonyl (C=O) groups is 1. The fourth-order valence-corrected chi connectivity index (χ4v) is 1.80. The fourth-order valence-electron chi connectivity index (χ4n) is 1.80. The first-order chi connectivity index (χ1) is 10.1. The van der Waals surface area contributed by atoms with E-state index in [-0.39, 0.29) is 11.3 Å². The zero-order chi connectivity index (χ0) is 15.8. The number of ether oxygens (including phenoxy) is 1. The SMILES string of the molecule is C=CCc1cc(/C=C(/C#N)C(=O)NC)cc(OCC)c1O. The third-order valence-electron chi connectivity index (χ3n) is 2.74. The van der Waals surface area contributed by atoms with Crippen molar-refractivity contribution in [3.05, 3.63) is 41.5 Å². The van der Waals surface area contributed by atoms with E-state index in [1.807, 2.05) is 6.07 Å². The summed E-state index contributed by atoms with van der Waals surface area (Å²) in [6.45, 7) is 5.84. The van der Waals surface area contributed by atoms with Crippen molar-refractivity contribution >= 4 is 12.0 Å². The highest BCUT2D eigenvalue weighted by Crippen LogP contribution is 2.33. The maximum absolute atomic E-state index is 11.5. The highest BCUT2D eigenvalue weighted by Gasteiger charge is 2.12. The number of phenolic OH excluding ortho intramolecular Hbond substituents is 1. The minimum atomic E-state index is -0.464. The number of aromatic hydroxyl groups is 1. The average Bonchev–Trinajstić information content (AvgIpc) is 2.48. The van der Waals surface area contributed by atoms with Crippen LogP contribution < -0.4 is 10.1 Å². The van der Waals surface area contributed by atoms with Crippen LogP contribution in [-0.2, 0) is 11.2 Å². The first-order valence-electron chi connectivity index (χ1n) is 6.50. The Morgan fingerprint density at radius 2 is 2.29 bits per heavy atom. The quantitative estimate of drug-likeness (QED) is 0.477. The molecule has 1 aromatic carbocycles. The number of carbonyl (C=O) groups excluding carboxylic acids is 1. The van der Waals surface area contributed by atoms with Crippen LogP contribution in [0.25, 0.3) is 6.08 Å². The number of likely N-dealkylation sites (N-methyl/N-ethyl adjacent to an activating group) is 1. The van der Waals surface area contributed by atoms with E-state index in [0.29, 0.717) is 29.9 Å². The van der Waals surface area contributed by atoms with Crippen molar-refractivity contribution in [2.75, 3.05) is 13.7 Å². The third kappa shape index (κ3) is 4.11. The molecule has 21 heavy (non-hydrogen) atoms. The predicted molar refractivity (Wildman–Crippen MR) is 80.8 cm³/mol. The Hall–Kier alpha value is -2.74. The summed E-state index contributed by atoms with van der Waals surface area (Å²) in [7, 11) is 1.46. The summed E-state index contributed by atoms with van der Waals surface area (Å²) >= 11 is 0. The second-order valence-electron chi connectivity index (χ2n) is 4.20. The zero-order valence-electron chi connectivity index (χ0n) is 12.1. The van der Waals surface area contributed by atoms with Gasteiger partial charge in [0, 0.05) is 12.6 Å². The number of hydrogen-bond donors (Lipinski definition) is 2. The Kier molecular flexibility index (Phi) is 6.02. The van der Waals surface area contributed by atoms with Gasteiger partial charge in [-0.2, -0.15) is 5.26 Å². The van der Waals surface area contributed by atoms with E-state index in [0.717, 1.165) is 0 Å². The van der Waals surface area contributed by atoms with E-state index in [1.165, 1.54) is 13.1 Å². The molecule has 1 aromatic rings. The molecule has 0 radical (unpaired) electrons. The minimum Gasteiger partial charge on any atom is -0.504 e. The molecule has 0 aliphatic carbocycles. The van der Waals surface area contributed by atoms with E-state index in [9.17, 15) is 9.90 Å². The minimum absolute atomic E-state index is 0.0183. The summed E-state index contributed by atoms with van der Waals surface area (Å²) in [6.07, 6.45) is 3.56. The lowest BCUT2D eigenvalue weighted by Gasteiger charge is -2.11. The molecule has 0 bridgehead atoms. The van der Waals surface area contributed by atoms with Gasteiger partial charge >= 0.3 is 0 Å². The van der Waals surface area contributed by atoms with E-state index >= 15 is 0 Å². The van der Waals surface area contributed by atoms with Crippen molar-refractivity contribution < 1.29 is 14.6 Å².